The summed E-state index contributed by atoms with van der Waals surface area (Å²) in [7, 11) is 0. The van der Waals surface area contributed by atoms with Crippen LogP contribution in [0.4, 0.5) is 4.39 Å². The molecule has 1 fully saturated rings. The summed E-state index contributed by atoms with van der Waals surface area (Å²) >= 11 is 0. The van der Waals surface area contributed by atoms with Gasteiger partial charge in [-0.3, -0.25) is 4.79 Å². The van der Waals surface area contributed by atoms with E-state index in [9.17, 15) is 14.3 Å². The van der Waals surface area contributed by atoms with E-state index in [0.29, 0.717) is 25.7 Å². The van der Waals surface area contributed by atoms with E-state index in [1.165, 1.54) is 0 Å². The van der Waals surface area contributed by atoms with Gasteiger partial charge in [-0.25, -0.2) is 4.39 Å². The van der Waals surface area contributed by atoms with Gasteiger partial charge in [-0.05, 0) is 24.7 Å². The molecule has 1 N–H and O–H groups in total. The quantitative estimate of drug-likeness (QED) is 0.806. The summed E-state index contributed by atoms with van der Waals surface area (Å²) in [6.07, 6.45) is -0.126. The lowest BCUT2D eigenvalue weighted by Gasteiger charge is -2.46. The SMILES string of the molecule is CCC1(C(O)C(=O)CC(C)(C)C)CC(F)C1. The third kappa shape index (κ3) is 2.82. The van der Waals surface area contributed by atoms with Gasteiger partial charge < -0.3 is 5.11 Å². The van der Waals surface area contributed by atoms with Crippen molar-refractivity contribution in [2.24, 2.45) is 10.8 Å². The summed E-state index contributed by atoms with van der Waals surface area (Å²) in [5, 5.41) is 10.1. The van der Waals surface area contributed by atoms with E-state index in [4.69, 9.17) is 0 Å². The fourth-order valence-electron chi connectivity index (χ4n) is 2.49. The summed E-state index contributed by atoms with van der Waals surface area (Å²) in [6, 6.07) is 0. The van der Waals surface area contributed by atoms with E-state index in [-0.39, 0.29) is 11.2 Å². The molecule has 1 rings (SSSR count). The van der Waals surface area contributed by atoms with E-state index < -0.39 is 17.7 Å². The van der Waals surface area contributed by atoms with Crippen LogP contribution in [0.1, 0.15) is 53.4 Å². The summed E-state index contributed by atoms with van der Waals surface area (Å²) in [4.78, 5) is 11.9. The minimum Gasteiger partial charge on any atom is -0.385 e. The predicted octanol–water partition coefficient (Wildman–Crippen LogP) is 2.88. The average molecular weight is 230 g/mol. The first-order valence-electron chi connectivity index (χ1n) is 6.05. The Morgan fingerprint density at radius 1 is 1.50 bits per heavy atom. The zero-order valence-electron chi connectivity index (χ0n) is 10.7. The molecule has 3 heteroatoms. The van der Waals surface area contributed by atoms with Gasteiger partial charge in [0.15, 0.2) is 5.78 Å². The molecular formula is C13H23FO2. The molecule has 0 aliphatic heterocycles. The van der Waals surface area contributed by atoms with Gasteiger partial charge in [-0.15, -0.1) is 0 Å². The van der Waals surface area contributed by atoms with E-state index >= 15 is 0 Å². The fourth-order valence-corrected chi connectivity index (χ4v) is 2.49. The molecule has 1 aliphatic rings. The van der Waals surface area contributed by atoms with Crippen LogP contribution in [0.25, 0.3) is 0 Å². The minimum absolute atomic E-state index is 0.119. The van der Waals surface area contributed by atoms with Gasteiger partial charge in [-0.2, -0.15) is 0 Å². The number of alkyl halides is 1. The highest BCUT2D eigenvalue weighted by Gasteiger charge is 2.50. The maximum absolute atomic E-state index is 12.9. The molecule has 2 nitrogen and oxygen atoms in total. The van der Waals surface area contributed by atoms with Gasteiger partial charge in [0.1, 0.15) is 12.3 Å². The first kappa shape index (κ1) is 13.6. The highest BCUT2D eigenvalue weighted by molar-refractivity contribution is 5.84. The second-order valence-corrected chi connectivity index (χ2v) is 6.33. The Balaban J connectivity index is 2.63. The molecule has 0 bridgehead atoms. The van der Waals surface area contributed by atoms with Crippen LogP contribution >= 0.6 is 0 Å². The van der Waals surface area contributed by atoms with Gasteiger partial charge in [0.25, 0.3) is 0 Å². The largest absolute Gasteiger partial charge is 0.385 e. The summed E-state index contributed by atoms with van der Waals surface area (Å²) in [5.74, 6) is -0.138. The van der Waals surface area contributed by atoms with Crippen LogP contribution in [0.2, 0.25) is 0 Å². The van der Waals surface area contributed by atoms with Crippen LogP contribution in [0.3, 0.4) is 0 Å². The van der Waals surface area contributed by atoms with Gasteiger partial charge in [0.05, 0.1) is 0 Å². The molecule has 0 spiro atoms. The van der Waals surface area contributed by atoms with Crippen LogP contribution in [-0.2, 0) is 4.79 Å². The first-order valence-corrected chi connectivity index (χ1v) is 6.05. The number of rotatable bonds is 4. The molecule has 0 aromatic carbocycles. The number of aliphatic hydroxyl groups is 1. The Bertz CT molecular complexity index is 262. The van der Waals surface area contributed by atoms with Crippen molar-refractivity contribution >= 4 is 5.78 Å². The van der Waals surface area contributed by atoms with E-state index in [0.717, 1.165) is 0 Å². The van der Waals surface area contributed by atoms with Crippen molar-refractivity contribution in [2.75, 3.05) is 0 Å². The van der Waals surface area contributed by atoms with Gasteiger partial charge in [0.2, 0.25) is 0 Å². The van der Waals surface area contributed by atoms with Crippen molar-refractivity contribution in [1.82, 2.24) is 0 Å². The lowest BCUT2D eigenvalue weighted by atomic mass is 9.61. The fraction of sp³-hybridized carbons (Fsp3) is 0.923. The monoisotopic (exact) mass is 230 g/mol. The van der Waals surface area contributed by atoms with Crippen molar-refractivity contribution in [2.45, 2.75) is 65.7 Å². The van der Waals surface area contributed by atoms with Crippen LogP contribution in [-0.4, -0.2) is 23.2 Å². The molecule has 0 saturated heterocycles. The number of aliphatic hydroxyl groups excluding tert-OH is 1. The summed E-state index contributed by atoms with van der Waals surface area (Å²) in [6.45, 7) is 7.82. The minimum atomic E-state index is -0.983. The Morgan fingerprint density at radius 3 is 2.31 bits per heavy atom. The van der Waals surface area contributed by atoms with Crippen LogP contribution in [0.15, 0.2) is 0 Å². The number of carbonyl (C=O) groups excluding carboxylic acids is 1. The number of ketones is 1. The van der Waals surface area contributed by atoms with Gasteiger partial charge in [0, 0.05) is 11.8 Å². The maximum Gasteiger partial charge on any atom is 0.162 e. The number of carbonyl (C=O) groups is 1. The van der Waals surface area contributed by atoms with Crippen LogP contribution < -0.4 is 0 Å². The highest BCUT2D eigenvalue weighted by atomic mass is 19.1. The molecule has 1 saturated carbocycles. The zero-order valence-corrected chi connectivity index (χ0v) is 10.7. The third-order valence-electron chi connectivity index (χ3n) is 3.55. The standard InChI is InChI=1S/C13H23FO2/c1-5-13(6-9(14)7-13)11(16)10(15)8-12(2,3)4/h9,11,16H,5-8H2,1-4H3. The van der Waals surface area contributed by atoms with E-state index in [1.54, 1.807) is 0 Å². The Hall–Kier alpha value is -0.440. The molecule has 94 valence electrons. The number of Topliss-reactive ketones (excluding diaryl/α,β-unsaturated/α-hetero) is 1. The smallest absolute Gasteiger partial charge is 0.162 e. The predicted molar refractivity (Wildman–Crippen MR) is 61.9 cm³/mol. The Labute approximate surface area is 97.2 Å². The lowest BCUT2D eigenvalue weighted by Crippen LogP contribution is -2.51. The van der Waals surface area contributed by atoms with Crippen molar-refractivity contribution in [3.05, 3.63) is 0 Å². The average Bonchev–Trinajstić information content (AvgIpc) is 2.08. The lowest BCUT2D eigenvalue weighted by molar-refractivity contribution is -0.147. The number of halogens is 1. The zero-order chi connectivity index (χ0) is 12.6. The van der Waals surface area contributed by atoms with Crippen molar-refractivity contribution < 1.29 is 14.3 Å². The molecule has 16 heavy (non-hydrogen) atoms. The number of hydrogen-bond donors (Lipinski definition) is 1. The summed E-state index contributed by atoms with van der Waals surface area (Å²) < 4.78 is 12.9. The van der Waals surface area contributed by atoms with Crippen molar-refractivity contribution in [1.29, 1.82) is 0 Å². The van der Waals surface area contributed by atoms with Gasteiger partial charge >= 0.3 is 0 Å². The van der Waals surface area contributed by atoms with Crippen LogP contribution in [0, 0.1) is 10.8 Å². The van der Waals surface area contributed by atoms with E-state index in [1.807, 2.05) is 27.7 Å². The van der Waals surface area contributed by atoms with Crippen LogP contribution in [0.5, 0.6) is 0 Å². The topological polar surface area (TPSA) is 37.3 Å². The van der Waals surface area contributed by atoms with Crippen molar-refractivity contribution in [3.63, 3.8) is 0 Å². The van der Waals surface area contributed by atoms with Crippen molar-refractivity contribution in [3.8, 4) is 0 Å². The molecule has 0 aromatic heterocycles. The summed E-state index contributed by atoms with van der Waals surface area (Å²) in [5.41, 5.74) is -0.604. The van der Waals surface area contributed by atoms with Gasteiger partial charge in [-0.1, -0.05) is 27.7 Å². The molecule has 0 amide bonds. The second kappa shape index (κ2) is 4.44. The number of hydrogen-bond acceptors (Lipinski definition) is 2. The Morgan fingerprint density at radius 2 is 2.00 bits per heavy atom. The van der Waals surface area contributed by atoms with E-state index in [2.05, 4.69) is 0 Å². The normalized spacial score (nSPS) is 32.0. The molecule has 1 aliphatic carbocycles. The molecule has 0 heterocycles. The first-order chi connectivity index (χ1) is 7.20. The molecule has 0 aromatic rings. The molecule has 0 radical (unpaired) electrons. The molecular weight excluding hydrogens is 207 g/mol. The molecule has 1 atom stereocenters. The maximum atomic E-state index is 12.9. The molecule has 1 unspecified atom stereocenters. The second-order valence-electron chi connectivity index (χ2n) is 6.33. The Kier molecular flexibility index (Phi) is 3.78. The highest BCUT2D eigenvalue weighted by Crippen LogP contribution is 2.49. The third-order valence-corrected chi connectivity index (χ3v) is 3.55.